The smallest absolute Gasteiger partial charge is 0.138 e. The Balaban J connectivity index is 2.45. The van der Waals surface area contributed by atoms with Crippen LogP contribution >= 0.6 is 11.6 Å². The van der Waals surface area contributed by atoms with Gasteiger partial charge in [-0.3, -0.25) is 0 Å². The van der Waals surface area contributed by atoms with Gasteiger partial charge in [0.2, 0.25) is 0 Å². The predicted molar refractivity (Wildman–Crippen MR) is 68.9 cm³/mol. The van der Waals surface area contributed by atoms with Gasteiger partial charge in [-0.2, -0.15) is 0 Å². The van der Waals surface area contributed by atoms with E-state index in [9.17, 15) is 5.11 Å². The monoisotopic (exact) mass is 241 g/mol. The van der Waals surface area contributed by atoms with E-state index in [-0.39, 0.29) is 5.75 Å². The molecule has 3 heteroatoms. The number of unbranched alkanes of at least 4 members (excludes halogenated alkanes) is 1. The molecule has 0 aliphatic rings. The number of benzene rings is 1. The lowest BCUT2D eigenvalue weighted by Gasteiger charge is -2.14. The van der Waals surface area contributed by atoms with Crippen LogP contribution in [0.25, 0.3) is 0 Å². The molecular formula is C13H20ClNO. The normalized spacial score (nSPS) is 12.7. The first-order chi connectivity index (χ1) is 7.65. The average Bonchev–Trinajstić information content (AvgIpc) is 2.28. The molecule has 0 saturated carbocycles. The van der Waals surface area contributed by atoms with Crippen molar-refractivity contribution in [2.75, 3.05) is 0 Å². The standard InChI is InChI=1S/C13H20ClNO/c1-3-4-6-10(2)15-9-11-7-5-8-12(14)13(11)16/h5,7-8,10,15-16H,3-4,6,9H2,1-2H3. The Morgan fingerprint density at radius 3 is 2.88 bits per heavy atom. The molecule has 90 valence electrons. The first-order valence-corrected chi connectivity index (χ1v) is 6.22. The lowest BCUT2D eigenvalue weighted by molar-refractivity contribution is 0.452. The summed E-state index contributed by atoms with van der Waals surface area (Å²) in [4.78, 5) is 0. The van der Waals surface area contributed by atoms with E-state index >= 15 is 0 Å². The first kappa shape index (κ1) is 13.3. The van der Waals surface area contributed by atoms with Crippen molar-refractivity contribution in [2.45, 2.75) is 45.7 Å². The molecule has 0 aliphatic heterocycles. The number of halogens is 1. The molecular weight excluding hydrogens is 222 g/mol. The van der Waals surface area contributed by atoms with Crippen molar-refractivity contribution in [1.29, 1.82) is 0 Å². The van der Waals surface area contributed by atoms with Gasteiger partial charge in [0, 0.05) is 18.2 Å². The fourth-order valence-electron chi connectivity index (χ4n) is 1.60. The Hall–Kier alpha value is -0.730. The zero-order valence-electron chi connectivity index (χ0n) is 9.96. The van der Waals surface area contributed by atoms with Crippen LogP contribution in [0.3, 0.4) is 0 Å². The van der Waals surface area contributed by atoms with Gasteiger partial charge >= 0.3 is 0 Å². The molecule has 0 aromatic heterocycles. The Kier molecular flexibility index (Phi) is 5.64. The second kappa shape index (κ2) is 6.77. The lowest BCUT2D eigenvalue weighted by Crippen LogP contribution is -2.25. The first-order valence-electron chi connectivity index (χ1n) is 5.85. The van der Waals surface area contributed by atoms with Gasteiger partial charge in [-0.25, -0.2) is 0 Å². The van der Waals surface area contributed by atoms with Crippen LogP contribution in [-0.2, 0) is 6.54 Å². The third kappa shape index (κ3) is 4.03. The fraction of sp³-hybridized carbons (Fsp3) is 0.538. The molecule has 0 spiro atoms. The van der Waals surface area contributed by atoms with E-state index in [2.05, 4.69) is 19.2 Å². The van der Waals surface area contributed by atoms with Crippen LogP contribution in [0.15, 0.2) is 18.2 Å². The van der Waals surface area contributed by atoms with Gasteiger partial charge in [0.05, 0.1) is 5.02 Å². The highest BCUT2D eigenvalue weighted by Crippen LogP contribution is 2.26. The van der Waals surface area contributed by atoms with Crippen LogP contribution < -0.4 is 5.32 Å². The highest BCUT2D eigenvalue weighted by atomic mass is 35.5. The maximum atomic E-state index is 9.71. The number of nitrogens with one attached hydrogen (secondary N) is 1. The van der Waals surface area contributed by atoms with Gasteiger partial charge in [0.15, 0.2) is 0 Å². The molecule has 1 aromatic carbocycles. The van der Waals surface area contributed by atoms with Crippen molar-refractivity contribution in [3.8, 4) is 5.75 Å². The van der Waals surface area contributed by atoms with Gasteiger partial charge in [-0.05, 0) is 19.4 Å². The number of phenolic OH excluding ortho intramolecular Hbond substituents is 1. The van der Waals surface area contributed by atoms with Gasteiger partial charge in [0.1, 0.15) is 5.75 Å². The van der Waals surface area contributed by atoms with Crippen molar-refractivity contribution in [2.24, 2.45) is 0 Å². The largest absolute Gasteiger partial charge is 0.506 e. The molecule has 2 nitrogen and oxygen atoms in total. The summed E-state index contributed by atoms with van der Waals surface area (Å²) < 4.78 is 0. The average molecular weight is 242 g/mol. The van der Waals surface area contributed by atoms with Gasteiger partial charge in [-0.15, -0.1) is 0 Å². The van der Waals surface area contributed by atoms with E-state index in [1.54, 1.807) is 6.07 Å². The highest BCUT2D eigenvalue weighted by Gasteiger charge is 2.06. The molecule has 0 saturated heterocycles. The molecule has 0 radical (unpaired) electrons. The minimum absolute atomic E-state index is 0.194. The maximum absolute atomic E-state index is 9.71. The molecule has 0 amide bonds. The molecule has 0 aliphatic carbocycles. The second-order valence-corrected chi connectivity index (χ2v) is 4.58. The maximum Gasteiger partial charge on any atom is 0.138 e. The van der Waals surface area contributed by atoms with Crippen molar-refractivity contribution in [1.82, 2.24) is 5.32 Å². The lowest BCUT2D eigenvalue weighted by atomic mass is 10.1. The van der Waals surface area contributed by atoms with Crippen LogP contribution in [0.5, 0.6) is 5.75 Å². The topological polar surface area (TPSA) is 32.3 Å². The zero-order chi connectivity index (χ0) is 12.0. The third-order valence-corrected chi connectivity index (χ3v) is 3.01. The van der Waals surface area contributed by atoms with E-state index in [0.29, 0.717) is 17.6 Å². The van der Waals surface area contributed by atoms with Crippen LogP contribution in [0.4, 0.5) is 0 Å². The minimum atomic E-state index is 0.194. The molecule has 0 bridgehead atoms. The Labute approximate surface area is 103 Å². The van der Waals surface area contributed by atoms with Crippen molar-refractivity contribution < 1.29 is 5.11 Å². The number of hydrogen-bond acceptors (Lipinski definition) is 2. The Bertz CT molecular complexity index is 328. The summed E-state index contributed by atoms with van der Waals surface area (Å²) >= 11 is 5.83. The predicted octanol–water partition coefficient (Wildman–Crippen LogP) is 3.71. The van der Waals surface area contributed by atoms with Crippen LogP contribution in [-0.4, -0.2) is 11.1 Å². The van der Waals surface area contributed by atoms with Crippen LogP contribution in [0.1, 0.15) is 38.7 Å². The van der Waals surface area contributed by atoms with Crippen molar-refractivity contribution >= 4 is 11.6 Å². The zero-order valence-corrected chi connectivity index (χ0v) is 10.7. The minimum Gasteiger partial charge on any atom is -0.506 e. The van der Waals surface area contributed by atoms with Crippen LogP contribution in [0.2, 0.25) is 5.02 Å². The van der Waals surface area contributed by atoms with Gasteiger partial charge in [0.25, 0.3) is 0 Å². The molecule has 2 N–H and O–H groups in total. The van der Waals surface area contributed by atoms with Crippen LogP contribution in [0, 0.1) is 0 Å². The summed E-state index contributed by atoms with van der Waals surface area (Å²) in [5.41, 5.74) is 0.857. The summed E-state index contributed by atoms with van der Waals surface area (Å²) in [6.07, 6.45) is 3.61. The molecule has 16 heavy (non-hydrogen) atoms. The van der Waals surface area contributed by atoms with E-state index < -0.39 is 0 Å². The van der Waals surface area contributed by atoms with Crippen molar-refractivity contribution in [3.05, 3.63) is 28.8 Å². The van der Waals surface area contributed by atoms with Gasteiger partial charge in [-0.1, -0.05) is 43.5 Å². The summed E-state index contributed by atoms with van der Waals surface area (Å²) in [5, 5.41) is 13.5. The number of rotatable bonds is 6. The summed E-state index contributed by atoms with van der Waals surface area (Å²) in [7, 11) is 0. The number of aromatic hydroxyl groups is 1. The Morgan fingerprint density at radius 1 is 1.44 bits per heavy atom. The fourth-order valence-corrected chi connectivity index (χ4v) is 1.79. The molecule has 1 atom stereocenters. The molecule has 1 aromatic rings. The van der Waals surface area contributed by atoms with E-state index in [4.69, 9.17) is 11.6 Å². The van der Waals surface area contributed by atoms with E-state index in [1.807, 2.05) is 12.1 Å². The van der Waals surface area contributed by atoms with E-state index in [0.717, 1.165) is 12.0 Å². The highest BCUT2D eigenvalue weighted by molar-refractivity contribution is 6.32. The summed E-state index contributed by atoms with van der Waals surface area (Å²) in [6, 6.07) is 5.91. The third-order valence-electron chi connectivity index (χ3n) is 2.70. The number of para-hydroxylation sites is 1. The molecule has 1 rings (SSSR count). The Morgan fingerprint density at radius 2 is 2.19 bits per heavy atom. The summed E-state index contributed by atoms with van der Waals surface area (Å²) in [5.74, 6) is 0.194. The van der Waals surface area contributed by atoms with E-state index in [1.165, 1.54) is 12.8 Å². The van der Waals surface area contributed by atoms with Gasteiger partial charge < -0.3 is 10.4 Å². The molecule has 0 heterocycles. The van der Waals surface area contributed by atoms with Crippen molar-refractivity contribution in [3.63, 3.8) is 0 Å². The SMILES string of the molecule is CCCCC(C)NCc1cccc(Cl)c1O. The second-order valence-electron chi connectivity index (χ2n) is 4.17. The molecule has 1 unspecified atom stereocenters. The quantitative estimate of drug-likeness (QED) is 0.796. The number of hydrogen-bond donors (Lipinski definition) is 2. The number of phenols is 1. The molecule has 0 fully saturated rings. The summed E-state index contributed by atoms with van der Waals surface area (Å²) in [6.45, 7) is 5.02.